The summed E-state index contributed by atoms with van der Waals surface area (Å²) in [6.07, 6.45) is 4.81. The fourth-order valence-electron chi connectivity index (χ4n) is 3.47. The van der Waals surface area contributed by atoms with Crippen molar-refractivity contribution in [2.75, 3.05) is 19.6 Å². The molecule has 0 spiro atoms. The highest BCUT2D eigenvalue weighted by atomic mass is 19.1. The number of carbonyl (C=O) groups excluding carboxylic acids is 1. The first kappa shape index (κ1) is 17.7. The standard InChI is InChI=1S/C19H25FN4O/c20-18-7-2-1-4-15(18)14-24(17-5-3-6-17)19(25)22-16-8-11-23(12-9-16)13-10-21/h1-2,4,7,16-17H,3,5-6,8-9,11-14H2,(H,22,25). The van der Waals surface area contributed by atoms with Crippen LogP contribution in [0.2, 0.25) is 0 Å². The molecule has 5 nitrogen and oxygen atoms in total. The fraction of sp³-hybridized carbons (Fsp3) is 0.579. The second-order valence-electron chi connectivity index (χ2n) is 6.96. The Morgan fingerprint density at radius 1 is 1.28 bits per heavy atom. The average Bonchev–Trinajstić information content (AvgIpc) is 2.56. The molecule has 6 heteroatoms. The average molecular weight is 344 g/mol. The Balaban J connectivity index is 1.59. The monoisotopic (exact) mass is 344 g/mol. The van der Waals surface area contributed by atoms with Crippen molar-refractivity contribution >= 4 is 6.03 Å². The van der Waals surface area contributed by atoms with Crippen LogP contribution in [0.25, 0.3) is 0 Å². The van der Waals surface area contributed by atoms with Gasteiger partial charge in [-0.15, -0.1) is 0 Å². The van der Waals surface area contributed by atoms with Gasteiger partial charge in [-0.05, 0) is 38.2 Å². The molecular formula is C19H25FN4O. The van der Waals surface area contributed by atoms with E-state index in [0.717, 1.165) is 45.2 Å². The third-order valence-corrected chi connectivity index (χ3v) is 5.28. The zero-order chi connectivity index (χ0) is 17.6. The minimum atomic E-state index is -0.260. The van der Waals surface area contributed by atoms with Crippen LogP contribution in [0.3, 0.4) is 0 Å². The van der Waals surface area contributed by atoms with E-state index in [1.165, 1.54) is 6.07 Å². The highest BCUT2D eigenvalue weighted by Gasteiger charge is 2.31. The lowest BCUT2D eigenvalue weighted by Crippen LogP contribution is -2.53. The van der Waals surface area contributed by atoms with Gasteiger partial charge in [0.2, 0.25) is 0 Å². The summed E-state index contributed by atoms with van der Waals surface area (Å²) in [5, 5.41) is 11.9. The molecule has 2 amide bonds. The molecule has 0 aromatic heterocycles. The van der Waals surface area contributed by atoms with Crippen LogP contribution in [-0.4, -0.2) is 47.5 Å². The predicted octanol–water partition coefficient (Wildman–Crippen LogP) is 2.88. The number of nitrogens with zero attached hydrogens (tertiary/aromatic N) is 3. The smallest absolute Gasteiger partial charge is 0.318 e. The quantitative estimate of drug-likeness (QED) is 0.836. The number of urea groups is 1. The van der Waals surface area contributed by atoms with Crippen molar-refractivity contribution in [1.29, 1.82) is 5.26 Å². The molecule has 0 unspecified atom stereocenters. The number of likely N-dealkylation sites (tertiary alicyclic amines) is 1. The number of amides is 2. The van der Waals surface area contributed by atoms with Crippen LogP contribution >= 0.6 is 0 Å². The van der Waals surface area contributed by atoms with Gasteiger partial charge in [-0.25, -0.2) is 9.18 Å². The first-order chi connectivity index (χ1) is 12.2. The number of hydrogen-bond acceptors (Lipinski definition) is 3. The Bertz CT molecular complexity index is 633. The maximum atomic E-state index is 14.0. The number of benzene rings is 1. The van der Waals surface area contributed by atoms with Gasteiger partial charge in [-0.2, -0.15) is 5.26 Å². The number of piperidine rings is 1. The number of nitrogens with one attached hydrogen (secondary N) is 1. The summed E-state index contributed by atoms with van der Waals surface area (Å²) in [5.74, 6) is -0.260. The third kappa shape index (κ3) is 4.49. The van der Waals surface area contributed by atoms with Crippen molar-refractivity contribution in [1.82, 2.24) is 15.1 Å². The molecule has 25 heavy (non-hydrogen) atoms. The van der Waals surface area contributed by atoms with Gasteiger partial charge in [-0.1, -0.05) is 18.2 Å². The van der Waals surface area contributed by atoms with Crippen LogP contribution in [-0.2, 0) is 6.54 Å². The number of hydrogen-bond donors (Lipinski definition) is 1. The summed E-state index contributed by atoms with van der Waals surface area (Å²) in [7, 11) is 0. The van der Waals surface area contributed by atoms with Crippen LogP contribution in [0.5, 0.6) is 0 Å². The normalized spacial score (nSPS) is 19.0. The summed E-state index contributed by atoms with van der Waals surface area (Å²) < 4.78 is 14.0. The van der Waals surface area contributed by atoms with Crippen molar-refractivity contribution in [3.05, 3.63) is 35.6 Å². The molecule has 1 aliphatic heterocycles. The molecule has 1 saturated carbocycles. The number of rotatable bonds is 5. The zero-order valence-electron chi connectivity index (χ0n) is 14.5. The molecule has 0 bridgehead atoms. The largest absolute Gasteiger partial charge is 0.335 e. The lowest BCUT2D eigenvalue weighted by atomic mass is 9.91. The van der Waals surface area contributed by atoms with Gasteiger partial charge in [0, 0.05) is 30.7 Å². The van der Waals surface area contributed by atoms with E-state index in [1.807, 2.05) is 0 Å². The van der Waals surface area contributed by atoms with Crippen LogP contribution in [0.15, 0.2) is 24.3 Å². The van der Waals surface area contributed by atoms with Gasteiger partial charge >= 0.3 is 6.03 Å². The van der Waals surface area contributed by atoms with Crippen LogP contribution in [0.1, 0.15) is 37.7 Å². The fourth-order valence-corrected chi connectivity index (χ4v) is 3.47. The van der Waals surface area contributed by atoms with Crippen molar-refractivity contribution in [2.45, 2.75) is 50.7 Å². The van der Waals surface area contributed by atoms with Crippen LogP contribution < -0.4 is 5.32 Å². The molecule has 1 N–H and O–H groups in total. The van der Waals surface area contributed by atoms with E-state index in [1.54, 1.807) is 23.1 Å². The van der Waals surface area contributed by atoms with Crippen molar-refractivity contribution in [3.8, 4) is 6.07 Å². The molecule has 2 fully saturated rings. The molecule has 3 rings (SSSR count). The van der Waals surface area contributed by atoms with E-state index in [0.29, 0.717) is 18.7 Å². The Hall–Kier alpha value is -2.13. The molecule has 1 aromatic rings. The van der Waals surface area contributed by atoms with E-state index >= 15 is 0 Å². The maximum absolute atomic E-state index is 14.0. The van der Waals surface area contributed by atoms with E-state index in [9.17, 15) is 9.18 Å². The maximum Gasteiger partial charge on any atom is 0.318 e. The summed E-state index contributed by atoms with van der Waals surface area (Å²) in [5.41, 5.74) is 0.563. The van der Waals surface area contributed by atoms with Gasteiger partial charge in [0.25, 0.3) is 0 Å². The minimum absolute atomic E-state index is 0.0910. The molecule has 1 heterocycles. The Morgan fingerprint density at radius 2 is 2.00 bits per heavy atom. The predicted molar refractivity (Wildman–Crippen MR) is 93.2 cm³/mol. The summed E-state index contributed by atoms with van der Waals surface area (Å²) in [6, 6.07) is 9.08. The summed E-state index contributed by atoms with van der Waals surface area (Å²) >= 11 is 0. The van der Waals surface area contributed by atoms with Gasteiger partial charge in [-0.3, -0.25) is 4.90 Å². The van der Waals surface area contributed by atoms with Crippen LogP contribution in [0, 0.1) is 17.1 Å². The molecule has 2 aliphatic rings. The Labute approximate surface area is 148 Å². The van der Waals surface area contributed by atoms with E-state index in [-0.39, 0.29) is 23.9 Å². The summed E-state index contributed by atoms with van der Waals surface area (Å²) in [6.45, 7) is 2.42. The van der Waals surface area contributed by atoms with E-state index in [4.69, 9.17) is 5.26 Å². The highest BCUT2D eigenvalue weighted by molar-refractivity contribution is 5.75. The number of nitriles is 1. The number of carbonyl (C=O) groups is 1. The Morgan fingerprint density at radius 3 is 2.60 bits per heavy atom. The van der Waals surface area contributed by atoms with Crippen LogP contribution in [0.4, 0.5) is 9.18 Å². The highest BCUT2D eigenvalue weighted by Crippen LogP contribution is 2.27. The molecule has 134 valence electrons. The lowest BCUT2D eigenvalue weighted by molar-refractivity contribution is 0.124. The van der Waals surface area contributed by atoms with Gasteiger partial charge < -0.3 is 10.2 Å². The summed E-state index contributed by atoms with van der Waals surface area (Å²) in [4.78, 5) is 16.7. The topological polar surface area (TPSA) is 59.4 Å². The lowest BCUT2D eigenvalue weighted by Gasteiger charge is -2.39. The second-order valence-corrected chi connectivity index (χ2v) is 6.96. The molecule has 1 saturated heterocycles. The Kier molecular flexibility index (Phi) is 5.87. The van der Waals surface area contributed by atoms with Crippen molar-refractivity contribution < 1.29 is 9.18 Å². The van der Waals surface area contributed by atoms with Crippen molar-refractivity contribution in [3.63, 3.8) is 0 Å². The minimum Gasteiger partial charge on any atom is -0.335 e. The zero-order valence-corrected chi connectivity index (χ0v) is 14.5. The number of halogens is 1. The van der Waals surface area contributed by atoms with Gasteiger partial charge in [0.05, 0.1) is 19.2 Å². The molecular weight excluding hydrogens is 319 g/mol. The SMILES string of the molecule is N#CCN1CCC(NC(=O)N(Cc2ccccc2F)C2CCC2)CC1. The molecule has 0 radical (unpaired) electrons. The van der Waals surface area contributed by atoms with E-state index in [2.05, 4.69) is 16.3 Å². The molecule has 1 aliphatic carbocycles. The first-order valence-corrected chi connectivity index (χ1v) is 9.07. The van der Waals surface area contributed by atoms with Gasteiger partial charge in [0.1, 0.15) is 5.82 Å². The molecule has 0 atom stereocenters. The van der Waals surface area contributed by atoms with E-state index < -0.39 is 0 Å². The molecule has 1 aromatic carbocycles. The first-order valence-electron chi connectivity index (χ1n) is 9.07. The van der Waals surface area contributed by atoms with Crippen molar-refractivity contribution in [2.24, 2.45) is 0 Å². The van der Waals surface area contributed by atoms with Gasteiger partial charge in [0.15, 0.2) is 0 Å². The second kappa shape index (κ2) is 8.30. The third-order valence-electron chi connectivity index (χ3n) is 5.28.